The van der Waals surface area contributed by atoms with E-state index in [0.29, 0.717) is 47.9 Å². The summed E-state index contributed by atoms with van der Waals surface area (Å²) in [7, 11) is -0.0203. The quantitative estimate of drug-likeness (QED) is 0.469. The maximum Gasteiger partial charge on any atom is 0.277 e. The second-order valence-corrected chi connectivity index (χ2v) is 9.49. The molecule has 10 nitrogen and oxygen atoms in total. The van der Waals surface area contributed by atoms with Gasteiger partial charge in [-0.2, -0.15) is 0 Å². The molecule has 2 aromatic heterocycles. The highest BCUT2D eigenvalue weighted by Crippen LogP contribution is 2.30. The SMILES string of the molecule is CCCc1nc(C)c2c(=O)[nH]c(-c3cc(S(=O)(=O)NCCN(C)C)ccc3OCC)nn12. The molecule has 0 aliphatic heterocycles. The van der Waals surface area contributed by atoms with E-state index < -0.39 is 10.0 Å². The standard InChI is InChI=1S/C21H30N6O4S/c1-6-8-18-23-14(3)19-21(28)24-20(25-27(18)19)16-13-15(9-10-17(16)31-7-2)32(29,30)22-11-12-26(4)5/h9-10,13,22H,6-8,11-12H2,1-5H3,(H,24,25,28). The summed E-state index contributed by atoms with van der Waals surface area (Å²) in [4.78, 5) is 22.0. The molecule has 0 aliphatic rings. The van der Waals surface area contributed by atoms with Crippen molar-refractivity contribution in [3.8, 4) is 17.1 Å². The van der Waals surface area contributed by atoms with Gasteiger partial charge < -0.3 is 14.6 Å². The number of nitrogens with one attached hydrogen (secondary N) is 2. The van der Waals surface area contributed by atoms with E-state index in [1.807, 2.05) is 32.8 Å². The first kappa shape index (κ1) is 23.9. The van der Waals surface area contributed by atoms with Crippen molar-refractivity contribution in [3.63, 3.8) is 0 Å². The number of imidazole rings is 1. The van der Waals surface area contributed by atoms with Crippen LogP contribution in [0.25, 0.3) is 16.9 Å². The fourth-order valence-electron chi connectivity index (χ4n) is 3.37. The van der Waals surface area contributed by atoms with Crippen molar-refractivity contribution >= 4 is 15.5 Å². The first-order valence-electron chi connectivity index (χ1n) is 10.6. The van der Waals surface area contributed by atoms with Crippen LogP contribution in [0.15, 0.2) is 27.9 Å². The zero-order valence-corrected chi connectivity index (χ0v) is 19.9. The summed E-state index contributed by atoms with van der Waals surface area (Å²) in [6.45, 7) is 6.83. The molecular formula is C21H30N6O4S. The number of nitrogens with zero attached hydrogens (tertiary/aromatic N) is 4. The van der Waals surface area contributed by atoms with Crippen molar-refractivity contribution in [3.05, 3.63) is 40.1 Å². The Balaban J connectivity index is 2.13. The second kappa shape index (κ2) is 9.80. The smallest absolute Gasteiger partial charge is 0.277 e. The highest BCUT2D eigenvalue weighted by atomic mass is 32.2. The van der Waals surface area contributed by atoms with Crippen molar-refractivity contribution in [1.29, 1.82) is 0 Å². The zero-order chi connectivity index (χ0) is 23.5. The minimum atomic E-state index is -3.75. The number of aromatic amines is 1. The van der Waals surface area contributed by atoms with E-state index in [-0.39, 0.29) is 22.8 Å². The number of aromatic nitrogens is 4. The van der Waals surface area contributed by atoms with Crippen LogP contribution in [0.3, 0.4) is 0 Å². The van der Waals surface area contributed by atoms with Gasteiger partial charge in [-0.25, -0.2) is 22.6 Å². The Kier molecular flexibility index (Phi) is 7.32. The van der Waals surface area contributed by atoms with Gasteiger partial charge in [0.25, 0.3) is 5.56 Å². The van der Waals surface area contributed by atoms with Gasteiger partial charge in [-0.15, -0.1) is 5.10 Å². The molecule has 2 heterocycles. The minimum Gasteiger partial charge on any atom is -0.493 e. The third-order valence-corrected chi connectivity index (χ3v) is 6.34. The van der Waals surface area contributed by atoms with E-state index >= 15 is 0 Å². The highest BCUT2D eigenvalue weighted by Gasteiger charge is 2.20. The maximum atomic E-state index is 12.8. The van der Waals surface area contributed by atoms with Gasteiger partial charge in [-0.05, 0) is 52.6 Å². The number of aryl methyl sites for hydroxylation is 2. The molecule has 0 atom stereocenters. The molecule has 0 fully saturated rings. The average molecular weight is 463 g/mol. The van der Waals surface area contributed by atoms with Crippen LogP contribution in [0.4, 0.5) is 0 Å². The average Bonchev–Trinajstić information content (AvgIpc) is 3.04. The summed E-state index contributed by atoms with van der Waals surface area (Å²) in [5, 5.41) is 4.59. The topological polar surface area (TPSA) is 122 Å². The lowest BCUT2D eigenvalue weighted by Crippen LogP contribution is -2.31. The van der Waals surface area contributed by atoms with E-state index in [9.17, 15) is 13.2 Å². The molecule has 0 bridgehead atoms. The van der Waals surface area contributed by atoms with Crippen molar-refractivity contribution in [2.45, 2.75) is 38.5 Å². The molecule has 32 heavy (non-hydrogen) atoms. The van der Waals surface area contributed by atoms with E-state index in [1.54, 1.807) is 17.5 Å². The van der Waals surface area contributed by atoms with Crippen LogP contribution in [0, 0.1) is 6.92 Å². The summed E-state index contributed by atoms with van der Waals surface area (Å²) in [6, 6.07) is 4.53. The van der Waals surface area contributed by atoms with Gasteiger partial charge in [0, 0.05) is 19.5 Å². The number of sulfonamides is 1. The van der Waals surface area contributed by atoms with Gasteiger partial charge in [0.15, 0.2) is 11.3 Å². The Morgan fingerprint density at radius 3 is 2.66 bits per heavy atom. The lowest BCUT2D eigenvalue weighted by molar-refractivity contribution is 0.341. The summed E-state index contributed by atoms with van der Waals surface area (Å²) >= 11 is 0. The van der Waals surface area contributed by atoms with E-state index in [0.717, 1.165) is 6.42 Å². The molecule has 174 valence electrons. The zero-order valence-electron chi connectivity index (χ0n) is 19.1. The molecule has 0 radical (unpaired) electrons. The van der Waals surface area contributed by atoms with E-state index in [2.05, 4.69) is 19.8 Å². The van der Waals surface area contributed by atoms with Crippen LogP contribution in [0.1, 0.15) is 31.8 Å². The molecule has 3 aromatic rings. The monoisotopic (exact) mass is 462 g/mol. The fraction of sp³-hybridized carbons (Fsp3) is 0.476. The molecule has 0 amide bonds. The molecule has 0 spiro atoms. The molecule has 11 heteroatoms. The van der Waals surface area contributed by atoms with Crippen LogP contribution in [0.2, 0.25) is 0 Å². The number of hydrogen-bond donors (Lipinski definition) is 2. The minimum absolute atomic E-state index is 0.0630. The van der Waals surface area contributed by atoms with Crippen molar-refractivity contribution < 1.29 is 13.2 Å². The number of benzene rings is 1. The van der Waals surface area contributed by atoms with Crippen molar-refractivity contribution in [2.24, 2.45) is 0 Å². The second-order valence-electron chi connectivity index (χ2n) is 7.72. The Bertz CT molecular complexity index is 1260. The van der Waals surface area contributed by atoms with Crippen LogP contribution >= 0.6 is 0 Å². The van der Waals surface area contributed by atoms with Gasteiger partial charge >= 0.3 is 0 Å². The fourth-order valence-corrected chi connectivity index (χ4v) is 4.42. The molecule has 2 N–H and O–H groups in total. The van der Waals surface area contributed by atoms with Gasteiger partial charge in [-0.3, -0.25) is 4.79 Å². The maximum absolute atomic E-state index is 12.8. The third kappa shape index (κ3) is 5.00. The summed E-state index contributed by atoms with van der Waals surface area (Å²) < 4.78 is 35.4. The molecule has 0 unspecified atom stereocenters. The van der Waals surface area contributed by atoms with E-state index in [1.165, 1.54) is 12.1 Å². The number of hydrogen-bond acceptors (Lipinski definition) is 7. The predicted molar refractivity (Wildman–Crippen MR) is 123 cm³/mol. The Morgan fingerprint density at radius 1 is 1.25 bits per heavy atom. The van der Waals surface area contributed by atoms with Gasteiger partial charge in [0.2, 0.25) is 10.0 Å². The Morgan fingerprint density at radius 2 is 2.00 bits per heavy atom. The van der Waals surface area contributed by atoms with Gasteiger partial charge in [0.1, 0.15) is 11.6 Å². The molecule has 1 aromatic carbocycles. The lowest BCUT2D eigenvalue weighted by atomic mass is 10.2. The van der Waals surface area contributed by atoms with Gasteiger partial charge in [-0.1, -0.05) is 6.92 Å². The Hall–Kier alpha value is -2.76. The predicted octanol–water partition coefficient (Wildman–Crippen LogP) is 1.58. The van der Waals surface area contributed by atoms with Gasteiger partial charge in [0.05, 0.1) is 22.8 Å². The van der Waals surface area contributed by atoms with Crippen molar-refractivity contribution in [1.82, 2.24) is 29.2 Å². The summed E-state index contributed by atoms with van der Waals surface area (Å²) in [6.07, 6.45) is 1.51. The van der Waals surface area contributed by atoms with E-state index in [4.69, 9.17) is 4.74 Å². The Labute approximate surface area is 187 Å². The van der Waals surface area contributed by atoms with Crippen molar-refractivity contribution in [2.75, 3.05) is 33.8 Å². The normalized spacial score (nSPS) is 12.1. The highest BCUT2D eigenvalue weighted by molar-refractivity contribution is 7.89. The number of ether oxygens (including phenoxy) is 1. The number of rotatable bonds is 10. The van der Waals surface area contributed by atoms with Crippen LogP contribution in [0.5, 0.6) is 5.75 Å². The van der Waals surface area contributed by atoms with Crippen LogP contribution in [-0.2, 0) is 16.4 Å². The summed E-state index contributed by atoms with van der Waals surface area (Å²) in [5.74, 6) is 1.32. The largest absolute Gasteiger partial charge is 0.493 e. The number of likely N-dealkylation sites (N-methyl/N-ethyl adjacent to an activating group) is 1. The summed E-state index contributed by atoms with van der Waals surface area (Å²) in [5.41, 5.74) is 1.02. The molecule has 0 saturated heterocycles. The first-order valence-corrected chi connectivity index (χ1v) is 12.1. The third-order valence-electron chi connectivity index (χ3n) is 4.88. The first-order chi connectivity index (χ1) is 15.2. The van der Waals surface area contributed by atoms with Crippen LogP contribution in [-0.4, -0.2) is 66.7 Å². The molecule has 0 saturated carbocycles. The molecular weight excluding hydrogens is 432 g/mol. The molecule has 3 rings (SSSR count). The number of fused-ring (bicyclic) bond motifs is 1. The number of H-pyrrole nitrogens is 1. The molecule has 0 aliphatic carbocycles. The van der Waals surface area contributed by atoms with Crippen LogP contribution < -0.4 is 15.0 Å². The lowest BCUT2D eigenvalue weighted by Gasteiger charge is -2.14.